The summed E-state index contributed by atoms with van der Waals surface area (Å²) in [5.41, 5.74) is 1.09. The van der Waals surface area contributed by atoms with Crippen LogP contribution in [-0.4, -0.2) is 22.6 Å². The summed E-state index contributed by atoms with van der Waals surface area (Å²) in [5, 5.41) is 5.57. The lowest BCUT2D eigenvalue weighted by Crippen LogP contribution is -2.05. The zero-order valence-corrected chi connectivity index (χ0v) is 14.5. The predicted molar refractivity (Wildman–Crippen MR) is 99.2 cm³/mol. The molecule has 1 N–H and O–H groups in total. The minimum absolute atomic E-state index is 0.0189. The molecular formula is C15H16N2O2S3. The molecule has 1 atom stereocenters. The number of hydrogen-bond acceptors (Lipinski definition) is 6. The van der Waals surface area contributed by atoms with Gasteiger partial charge in [0, 0.05) is 18.2 Å². The average Bonchev–Trinajstić information content (AvgIpc) is 3.04. The van der Waals surface area contributed by atoms with Crippen LogP contribution < -0.4 is 5.32 Å². The number of carbonyl (C=O) groups excluding carboxylic acids is 1. The summed E-state index contributed by atoms with van der Waals surface area (Å²) in [7, 11) is 3.58. The van der Waals surface area contributed by atoms with Gasteiger partial charge >= 0.3 is 5.97 Å². The van der Waals surface area contributed by atoms with E-state index < -0.39 is 0 Å². The molecule has 7 heteroatoms. The van der Waals surface area contributed by atoms with Crippen LogP contribution in [0.2, 0.25) is 0 Å². The van der Waals surface area contributed by atoms with Crippen LogP contribution in [-0.2, 0) is 9.53 Å². The summed E-state index contributed by atoms with van der Waals surface area (Å²) in [6.45, 7) is 2.26. The van der Waals surface area contributed by atoms with Crippen molar-refractivity contribution in [1.29, 1.82) is 0 Å². The van der Waals surface area contributed by atoms with E-state index in [-0.39, 0.29) is 14.5 Å². The van der Waals surface area contributed by atoms with Gasteiger partial charge in [-0.1, -0.05) is 18.2 Å². The molecule has 0 radical (unpaired) electrons. The molecule has 0 aliphatic carbocycles. The van der Waals surface area contributed by atoms with Crippen molar-refractivity contribution in [2.45, 2.75) is 19.8 Å². The van der Waals surface area contributed by atoms with E-state index >= 15 is 0 Å². The maximum Gasteiger partial charge on any atom is 0.306 e. The van der Waals surface area contributed by atoms with Gasteiger partial charge in [0.15, 0.2) is 0 Å². The number of ether oxygens (including phenoxy) is 1. The molecule has 2 aliphatic rings. The first-order valence-corrected chi connectivity index (χ1v) is 10.9. The molecule has 0 spiro atoms. The van der Waals surface area contributed by atoms with Crippen molar-refractivity contribution in [3.05, 3.63) is 41.4 Å². The van der Waals surface area contributed by atoms with E-state index in [2.05, 4.69) is 16.4 Å². The van der Waals surface area contributed by atoms with Gasteiger partial charge in [-0.25, -0.2) is 4.99 Å². The number of nitrogens with zero attached hydrogens (tertiary/aromatic N) is 1. The minimum atomic E-state index is -0.147. The van der Waals surface area contributed by atoms with Crippen LogP contribution in [0.25, 0.3) is 0 Å². The zero-order chi connectivity index (χ0) is 15.4. The molecule has 0 saturated heterocycles. The molecule has 2 aliphatic heterocycles. The minimum Gasteiger partial charge on any atom is -0.466 e. The fourth-order valence-electron chi connectivity index (χ4n) is 1.93. The van der Waals surface area contributed by atoms with Crippen LogP contribution in [0.1, 0.15) is 19.8 Å². The molecular weight excluding hydrogens is 336 g/mol. The Morgan fingerprint density at radius 3 is 2.86 bits per heavy atom. The summed E-state index contributed by atoms with van der Waals surface area (Å²) in [5.74, 6) is -0.147. The third kappa shape index (κ3) is 3.97. The van der Waals surface area contributed by atoms with Crippen molar-refractivity contribution >= 4 is 51.8 Å². The van der Waals surface area contributed by atoms with Crippen molar-refractivity contribution in [2.24, 2.45) is 4.99 Å². The third-order valence-electron chi connectivity index (χ3n) is 2.89. The van der Waals surface area contributed by atoms with Crippen LogP contribution >= 0.6 is 30.1 Å². The van der Waals surface area contributed by atoms with Crippen molar-refractivity contribution in [2.75, 3.05) is 11.9 Å². The summed E-state index contributed by atoms with van der Waals surface area (Å²) in [6.07, 6.45) is 3.19. The Kier molecular flexibility index (Phi) is 5.28. The molecule has 22 heavy (non-hydrogen) atoms. The lowest BCUT2D eigenvalue weighted by atomic mass is 10.3. The number of para-hydroxylation sites is 1. The SMILES string of the molecule is CCOC(=O)CCC1=NC2=S(SC(Nc3ccccc3)=C2)S1. The highest BCUT2D eigenvalue weighted by molar-refractivity contribution is 9.19. The van der Waals surface area contributed by atoms with Crippen LogP contribution in [0.15, 0.2) is 46.4 Å². The highest BCUT2D eigenvalue weighted by Crippen LogP contribution is 2.56. The van der Waals surface area contributed by atoms with Crippen molar-refractivity contribution < 1.29 is 9.53 Å². The Balaban J connectivity index is 1.54. The summed E-state index contributed by atoms with van der Waals surface area (Å²) >= 11 is 0. The lowest BCUT2D eigenvalue weighted by Gasteiger charge is -2.08. The number of rotatable bonds is 6. The lowest BCUT2D eigenvalue weighted by molar-refractivity contribution is -0.142. The van der Waals surface area contributed by atoms with Crippen LogP contribution in [0, 0.1) is 0 Å². The van der Waals surface area contributed by atoms with Crippen LogP contribution in [0.5, 0.6) is 0 Å². The number of anilines is 1. The summed E-state index contributed by atoms with van der Waals surface area (Å²) < 4.78 is 4.94. The standard InChI is InChI=1S/C15H16N2O2S3/c1-2-19-15(18)9-8-12-17-14-10-13(21-22(14)20-12)16-11-6-4-3-5-7-11/h3-7,10,16H,2,8-9H2,1H3. The number of carbonyl (C=O) groups is 1. The smallest absolute Gasteiger partial charge is 0.306 e. The molecule has 0 aromatic heterocycles. The molecule has 3 rings (SSSR count). The highest BCUT2D eigenvalue weighted by atomic mass is 33.5. The topological polar surface area (TPSA) is 50.7 Å². The number of benzene rings is 1. The zero-order valence-electron chi connectivity index (χ0n) is 12.1. The average molecular weight is 353 g/mol. The van der Waals surface area contributed by atoms with E-state index in [4.69, 9.17) is 4.74 Å². The maximum atomic E-state index is 11.4. The highest BCUT2D eigenvalue weighted by Gasteiger charge is 2.24. The predicted octanol–water partition coefficient (Wildman–Crippen LogP) is 4.40. The number of aliphatic imine (C=N–C) groups is 1. The maximum absolute atomic E-state index is 11.4. The molecule has 0 saturated carbocycles. The second-order valence-corrected chi connectivity index (χ2v) is 10.3. The Labute approximate surface area is 139 Å². The van der Waals surface area contributed by atoms with Gasteiger partial charge in [0.2, 0.25) is 0 Å². The molecule has 1 aromatic rings. The Morgan fingerprint density at radius 2 is 2.14 bits per heavy atom. The molecule has 1 unspecified atom stereocenters. The molecule has 2 heterocycles. The molecule has 116 valence electrons. The second-order valence-electron chi connectivity index (χ2n) is 4.55. The third-order valence-corrected chi connectivity index (χ3v) is 8.90. The summed E-state index contributed by atoms with van der Waals surface area (Å²) in [6, 6.07) is 10.1. The first-order chi connectivity index (χ1) is 10.7. The number of esters is 1. The Hall–Kier alpha value is -1.18. The second kappa shape index (κ2) is 7.39. The first-order valence-electron chi connectivity index (χ1n) is 6.99. The van der Waals surface area contributed by atoms with Gasteiger partial charge in [-0.3, -0.25) is 4.79 Å². The Morgan fingerprint density at radius 1 is 1.32 bits per heavy atom. The fraction of sp³-hybridized carbons (Fsp3) is 0.267. The molecule has 0 fully saturated rings. The van der Waals surface area contributed by atoms with Gasteiger partial charge in [0.05, 0.1) is 23.1 Å². The Bertz CT molecular complexity index is 669. The van der Waals surface area contributed by atoms with E-state index in [0.717, 1.165) is 20.7 Å². The van der Waals surface area contributed by atoms with E-state index in [0.29, 0.717) is 19.4 Å². The molecule has 4 nitrogen and oxygen atoms in total. The van der Waals surface area contributed by atoms with E-state index in [1.165, 1.54) is 0 Å². The quantitative estimate of drug-likeness (QED) is 0.467. The number of hydrogen-bond donors (Lipinski definition) is 1. The van der Waals surface area contributed by atoms with Crippen molar-refractivity contribution in [3.8, 4) is 0 Å². The van der Waals surface area contributed by atoms with Crippen molar-refractivity contribution in [3.63, 3.8) is 0 Å². The largest absolute Gasteiger partial charge is 0.466 e. The van der Waals surface area contributed by atoms with Gasteiger partial charge in [0.25, 0.3) is 0 Å². The first kappa shape index (κ1) is 15.7. The van der Waals surface area contributed by atoms with Crippen LogP contribution in [0.3, 0.4) is 0 Å². The van der Waals surface area contributed by atoms with Gasteiger partial charge in [-0.2, -0.15) is 0 Å². The van der Waals surface area contributed by atoms with Crippen LogP contribution in [0.4, 0.5) is 5.69 Å². The van der Waals surface area contributed by atoms with Gasteiger partial charge in [0.1, 0.15) is 4.99 Å². The molecule has 1 aromatic carbocycles. The fourth-order valence-corrected chi connectivity index (χ4v) is 8.09. The van der Waals surface area contributed by atoms with E-state index in [1.807, 2.05) is 37.3 Å². The van der Waals surface area contributed by atoms with Gasteiger partial charge < -0.3 is 10.1 Å². The van der Waals surface area contributed by atoms with Gasteiger partial charge in [-0.05, 0) is 49.2 Å². The monoisotopic (exact) mass is 352 g/mol. The van der Waals surface area contributed by atoms with Gasteiger partial charge in [-0.15, -0.1) is 0 Å². The molecule has 0 amide bonds. The summed E-state index contributed by atoms with van der Waals surface area (Å²) in [4.78, 5) is 17.1. The molecule has 0 bridgehead atoms. The van der Waals surface area contributed by atoms with E-state index in [1.54, 1.807) is 21.6 Å². The van der Waals surface area contributed by atoms with E-state index in [9.17, 15) is 4.79 Å². The van der Waals surface area contributed by atoms with Crippen molar-refractivity contribution in [1.82, 2.24) is 0 Å². The number of nitrogens with one attached hydrogen (secondary N) is 1. The normalized spacial score (nSPS) is 19.5.